The fraction of sp³-hybridized carbons (Fsp3) is 0. The number of benzene rings is 1. The van der Waals surface area contributed by atoms with Gasteiger partial charge in [0.2, 0.25) is 11.7 Å². The van der Waals surface area contributed by atoms with E-state index < -0.39 is 17.6 Å². The van der Waals surface area contributed by atoms with E-state index in [2.05, 4.69) is 15.0 Å². The van der Waals surface area contributed by atoms with Gasteiger partial charge in [-0.2, -0.15) is 0 Å². The summed E-state index contributed by atoms with van der Waals surface area (Å²) in [7, 11) is 0. The molecular formula is C17H12N4O3. The maximum Gasteiger partial charge on any atom is 0.318 e. The highest BCUT2D eigenvalue weighted by Crippen LogP contribution is 2.04. The van der Waals surface area contributed by atoms with Gasteiger partial charge in [-0.3, -0.25) is 19.4 Å². The zero-order valence-electron chi connectivity index (χ0n) is 12.4. The molecule has 2 amide bonds. The second-order valence-corrected chi connectivity index (χ2v) is 4.97. The quantitative estimate of drug-likeness (QED) is 0.606. The third kappa shape index (κ3) is 2.95. The van der Waals surface area contributed by atoms with Gasteiger partial charge in [0, 0.05) is 40.8 Å². The van der Waals surface area contributed by atoms with E-state index in [1.807, 2.05) is 12.1 Å². The average molecular weight is 320 g/mol. The van der Waals surface area contributed by atoms with Crippen LogP contribution in [0.4, 0.5) is 0 Å². The van der Waals surface area contributed by atoms with Crippen LogP contribution in [0.5, 0.6) is 0 Å². The summed E-state index contributed by atoms with van der Waals surface area (Å²) in [6, 6.07) is 8.77. The predicted octanol–water partition coefficient (Wildman–Crippen LogP) is -0.142. The number of carbonyl (C=O) groups is 3. The van der Waals surface area contributed by atoms with Crippen molar-refractivity contribution in [3.05, 3.63) is 65.1 Å². The Kier molecular flexibility index (Phi) is 3.98. The number of Topliss-reactive ketones (excluding diaryl/α,β-unsaturated/α-hetero) is 1. The van der Waals surface area contributed by atoms with Crippen molar-refractivity contribution in [1.82, 2.24) is 9.97 Å². The summed E-state index contributed by atoms with van der Waals surface area (Å²) in [6.07, 6.45) is 6.13. The second kappa shape index (κ2) is 6.25. The minimum absolute atomic E-state index is 0.442. The molecule has 1 aromatic carbocycles. The summed E-state index contributed by atoms with van der Waals surface area (Å²) >= 11 is 0. The van der Waals surface area contributed by atoms with E-state index in [-0.39, 0.29) is 0 Å². The molecule has 0 fully saturated rings. The minimum Gasteiger partial charge on any atom is -0.366 e. The number of nitrogens with two attached hydrogens (primary N) is 1. The largest absolute Gasteiger partial charge is 0.366 e. The van der Waals surface area contributed by atoms with Crippen LogP contribution in [0.3, 0.4) is 0 Å². The standard InChI is InChI=1S/C11H6N2O2.C6H6N2O/c14-9-5-6-1-2-8-7(3-4-12-8)10(6)13-11(9)15;7-6(9)5-2-1-3-8-4-5/h1-5,12H;1-4H,(H2,7,9). The highest BCUT2D eigenvalue weighted by Gasteiger charge is 2.14. The SMILES string of the molecule is NC(=O)c1cccnc1.O=C1C=c2ccc3[nH]ccc3c2=NC1=O. The predicted molar refractivity (Wildman–Crippen MR) is 86.3 cm³/mol. The molecule has 2 aromatic heterocycles. The van der Waals surface area contributed by atoms with Crippen LogP contribution in [0.2, 0.25) is 0 Å². The lowest BCUT2D eigenvalue weighted by atomic mass is 10.1. The molecule has 0 unspecified atom stereocenters. The lowest BCUT2D eigenvalue weighted by Crippen LogP contribution is -2.34. The molecule has 4 rings (SSSR count). The number of hydrogen-bond donors (Lipinski definition) is 2. The molecular weight excluding hydrogens is 308 g/mol. The highest BCUT2D eigenvalue weighted by atomic mass is 16.2. The maximum atomic E-state index is 11.2. The number of carbonyl (C=O) groups excluding carboxylic acids is 3. The van der Waals surface area contributed by atoms with Crippen molar-refractivity contribution in [1.29, 1.82) is 0 Å². The Bertz CT molecular complexity index is 1070. The van der Waals surface area contributed by atoms with E-state index in [0.717, 1.165) is 10.9 Å². The number of pyridine rings is 1. The van der Waals surface area contributed by atoms with E-state index in [1.165, 1.54) is 12.3 Å². The number of rotatable bonds is 1. The van der Waals surface area contributed by atoms with Crippen molar-refractivity contribution in [3.63, 3.8) is 0 Å². The summed E-state index contributed by atoms with van der Waals surface area (Å²) in [4.78, 5) is 43.2. The number of amides is 2. The molecule has 3 aromatic rings. The number of aromatic amines is 1. The Balaban J connectivity index is 0.000000162. The molecule has 3 heterocycles. The summed E-state index contributed by atoms with van der Waals surface area (Å²) in [5.41, 5.74) is 6.29. The second-order valence-electron chi connectivity index (χ2n) is 4.97. The van der Waals surface area contributed by atoms with E-state index in [0.29, 0.717) is 16.1 Å². The van der Waals surface area contributed by atoms with E-state index in [1.54, 1.807) is 30.6 Å². The van der Waals surface area contributed by atoms with Crippen LogP contribution in [0.15, 0.2) is 53.9 Å². The Labute approximate surface area is 135 Å². The fourth-order valence-corrected chi connectivity index (χ4v) is 2.24. The topological polar surface area (TPSA) is 118 Å². The van der Waals surface area contributed by atoms with Crippen LogP contribution in [0.1, 0.15) is 10.4 Å². The van der Waals surface area contributed by atoms with Crippen molar-refractivity contribution in [3.8, 4) is 0 Å². The molecule has 3 N–H and O–H groups in total. The Morgan fingerprint density at radius 1 is 1.12 bits per heavy atom. The van der Waals surface area contributed by atoms with Gasteiger partial charge in [-0.25, -0.2) is 4.99 Å². The molecule has 0 bridgehead atoms. The number of primary amides is 1. The van der Waals surface area contributed by atoms with Gasteiger partial charge in [0.1, 0.15) is 0 Å². The van der Waals surface area contributed by atoms with Gasteiger partial charge >= 0.3 is 5.91 Å². The maximum absolute atomic E-state index is 11.2. The molecule has 1 aliphatic rings. The molecule has 0 aliphatic carbocycles. The molecule has 0 radical (unpaired) electrons. The number of fused-ring (bicyclic) bond motifs is 3. The number of nitrogens with one attached hydrogen (secondary N) is 1. The molecule has 7 heteroatoms. The van der Waals surface area contributed by atoms with E-state index >= 15 is 0 Å². The van der Waals surface area contributed by atoms with Crippen LogP contribution in [0, 0.1) is 0 Å². The van der Waals surface area contributed by atoms with Crippen molar-refractivity contribution in [2.75, 3.05) is 0 Å². The van der Waals surface area contributed by atoms with Crippen LogP contribution < -0.4 is 16.3 Å². The van der Waals surface area contributed by atoms with Crippen LogP contribution >= 0.6 is 0 Å². The summed E-state index contributed by atoms with van der Waals surface area (Å²) in [6.45, 7) is 0. The number of nitrogens with zero attached hydrogens (tertiary/aromatic N) is 2. The normalized spacial score (nSPS) is 12.5. The van der Waals surface area contributed by atoms with Gasteiger partial charge in [-0.1, -0.05) is 6.07 Å². The zero-order chi connectivity index (χ0) is 17.1. The monoisotopic (exact) mass is 320 g/mol. The first-order valence-corrected chi connectivity index (χ1v) is 7.01. The van der Waals surface area contributed by atoms with E-state index in [9.17, 15) is 14.4 Å². The van der Waals surface area contributed by atoms with Gasteiger partial charge in [0.05, 0.1) is 10.9 Å². The zero-order valence-corrected chi connectivity index (χ0v) is 12.4. The molecule has 1 aliphatic heterocycles. The van der Waals surface area contributed by atoms with Gasteiger partial charge in [0.15, 0.2) is 0 Å². The number of hydrogen-bond acceptors (Lipinski definition) is 4. The Morgan fingerprint density at radius 2 is 1.96 bits per heavy atom. The molecule has 0 saturated carbocycles. The summed E-state index contributed by atoms with van der Waals surface area (Å²) < 4.78 is 0. The van der Waals surface area contributed by atoms with Gasteiger partial charge in [-0.15, -0.1) is 0 Å². The first-order valence-electron chi connectivity index (χ1n) is 7.01. The average Bonchev–Trinajstić information content (AvgIpc) is 3.06. The van der Waals surface area contributed by atoms with Gasteiger partial charge < -0.3 is 10.7 Å². The van der Waals surface area contributed by atoms with Crippen LogP contribution in [0.25, 0.3) is 17.0 Å². The van der Waals surface area contributed by atoms with Crippen LogP contribution in [-0.4, -0.2) is 27.6 Å². The number of ketones is 1. The minimum atomic E-state index is -0.698. The summed E-state index contributed by atoms with van der Waals surface area (Å²) in [5, 5.41) is 2.15. The van der Waals surface area contributed by atoms with Gasteiger partial charge in [-0.05, 0) is 24.3 Å². The molecule has 24 heavy (non-hydrogen) atoms. The smallest absolute Gasteiger partial charge is 0.318 e. The summed E-state index contributed by atoms with van der Waals surface area (Å²) in [5.74, 6) is -1.70. The molecule has 7 nitrogen and oxygen atoms in total. The van der Waals surface area contributed by atoms with Crippen molar-refractivity contribution in [2.24, 2.45) is 10.7 Å². The first-order chi connectivity index (χ1) is 11.6. The lowest BCUT2D eigenvalue weighted by molar-refractivity contribution is -0.132. The highest BCUT2D eigenvalue weighted by molar-refractivity contribution is 6.48. The van der Waals surface area contributed by atoms with Crippen LogP contribution in [-0.2, 0) is 9.59 Å². The Hall–Kier alpha value is -3.61. The fourth-order valence-electron chi connectivity index (χ4n) is 2.24. The first kappa shape index (κ1) is 15.3. The lowest BCUT2D eigenvalue weighted by Gasteiger charge is -1.98. The number of aromatic nitrogens is 2. The number of H-pyrrole nitrogens is 1. The third-order valence-corrected chi connectivity index (χ3v) is 3.39. The third-order valence-electron chi connectivity index (χ3n) is 3.39. The van der Waals surface area contributed by atoms with Gasteiger partial charge in [0.25, 0.3) is 0 Å². The van der Waals surface area contributed by atoms with Crippen molar-refractivity contribution < 1.29 is 14.4 Å². The molecule has 118 valence electrons. The van der Waals surface area contributed by atoms with Crippen molar-refractivity contribution in [2.45, 2.75) is 0 Å². The molecule has 0 saturated heterocycles. The van der Waals surface area contributed by atoms with Crippen molar-refractivity contribution >= 4 is 34.6 Å². The molecule has 0 spiro atoms. The Morgan fingerprint density at radius 3 is 2.62 bits per heavy atom. The van der Waals surface area contributed by atoms with E-state index in [4.69, 9.17) is 5.73 Å². The molecule has 0 atom stereocenters.